The molecule has 1 unspecified atom stereocenters. The van der Waals surface area contributed by atoms with Gasteiger partial charge in [-0.1, -0.05) is 103 Å². The van der Waals surface area contributed by atoms with Crippen LogP contribution in [0.1, 0.15) is 23.6 Å². The molecule has 8 rings (SSSR count). The zero-order valence-electron chi connectivity index (χ0n) is 24.8. The molecule has 0 saturated heterocycles. The van der Waals surface area contributed by atoms with E-state index in [9.17, 15) is 0 Å². The summed E-state index contributed by atoms with van der Waals surface area (Å²) in [4.78, 5) is 9.86. The molecule has 0 aliphatic heterocycles. The first kappa shape index (κ1) is 27.2. The number of para-hydroxylation sites is 1. The quantitative estimate of drug-likeness (QED) is 0.156. The molecule has 0 aliphatic carbocycles. The normalized spacial score (nSPS) is 13.8. The van der Waals surface area contributed by atoms with Gasteiger partial charge in [-0.25, -0.2) is 9.98 Å². The van der Waals surface area contributed by atoms with Crippen molar-refractivity contribution in [3.8, 4) is 5.69 Å². The van der Waals surface area contributed by atoms with Crippen LogP contribution in [0.25, 0.3) is 47.7 Å². The molecule has 8 aromatic rings. The maximum Gasteiger partial charge on any atom is 0.156 e. The van der Waals surface area contributed by atoms with Crippen LogP contribution >= 0.6 is 11.3 Å². The molecule has 2 heterocycles. The van der Waals surface area contributed by atoms with E-state index in [4.69, 9.17) is 15.7 Å². The van der Waals surface area contributed by atoms with E-state index >= 15 is 0 Å². The first-order valence-electron chi connectivity index (χ1n) is 15.0. The summed E-state index contributed by atoms with van der Waals surface area (Å²) >= 11 is 1.87. The van der Waals surface area contributed by atoms with E-state index in [0.29, 0.717) is 5.84 Å². The second kappa shape index (κ2) is 11.0. The van der Waals surface area contributed by atoms with Gasteiger partial charge in [-0.2, -0.15) is 0 Å². The van der Waals surface area contributed by atoms with Crippen molar-refractivity contribution in [3.63, 3.8) is 0 Å². The van der Waals surface area contributed by atoms with E-state index in [1.807, 2.05) is 85.1 Å². The van der Waals surface area contributed by atoms with Crippen molar-refractivity contribution in [2.24, 2.45) is 15.7 Å². The predicted molar refractivity (Wildman–Crippen MR) is 192 cm³/mol. The summed E-state index contributed by atoms with van der Waals surface area (Å²) in [5.41, 5.74) is 12.1. The van der Waals surface area contributed by atoms with Gasteiger partial charge in [0.05, 0.1) is 11.0 Å². The van der Waals surface area contributed by atoms with Crippen LogP contribution in [0.15, 0.2) is 156 Å². The first-order chi connectivity index (χ1) is 22.1. The van der Waals surface area contributed by atoms with Crippen molar-refractivity contribution in [1.29, 1.82) is 0 Å². The van der Waals surface area contributed by atoms with Gasteiger partial charge in [0.15, 0.2) is 5.84 Å². The zero-order chi connectivity index (χ0) is 30.4. The third-order valence-corrected chi connectivity index (χ3v) is 9.60. The van der Waals surface area contributed by atoms with Crippen LogP contribution in [-0.2, 0) is 5.66 Å². The maximum atomic E-state index is 6.79. The fourth-order valence-corrected chi connectivity index (χ4v) is 7.43. The Bertz CT molecular complexity index is 2380. The van der Waals surface area contributed by atoms with E-state index in [2.05, 4.69) is 89.5 Å². The first-order valence-corrected chi connectivity index (χ1v) is 15.9. The minimum absolute atomic E-state index is 0.577. The number of hydrogen-bond acceptors (Lipinski definition) is 3. The van der Waals surface area contributed by atoms with E-state index in [-0.39, 0.29) is 0 Å². The summed E-state index contributed by atoms with van der Waals surface area (Å²) in [6, 6.07) is 50.4. The molecule has 0 saturated carbocycles. The molecule has 2 aromatic heterocycles. The highest BCUT2D eigenvalue weighted by Crippen LogP contribution is 2.43. The summed E-state index contributed by atoms with van der Waals surface area (Å²) in [5, 5.41) is 5.17. The Balaban J connectivity index is 1.27. The molecule has 5 heteroatoms. The van der Waals surface area contributed by atoms with Gasteiger partial charge in [0.2, 0.25) is 0 Å². The minimum Gasteiger partial charge on any atom is -0.309 e. The van der Waals surface area contributed by atoms with E-state index in [0.717, 1.165) is 22.4 Å². The Labute approximate surface area is 265 Å². The Hall–Kier alpha value is -5.36. The van der Waals surface area contributed by atoms with Crippen LogP contribution in [0.5, 0.6) is 0 Å². The molecule has 45 heavy (non-hydrogen) atoms. The van der Waals surface area contributed by atoms with Crippen molar-refractivity contribution < 1.29 is 0 Å². The molecular formula is C40H30N4S. The van der Waals surface area contributed by atoms with Gasteiger partial charge in [-0.3, -0.25) is 0 Å². The third-order valence-electron chi connectivity index (χ3n) is 8.40. The van der Waals surface area contributed by atoms with Gasteiger partial charge >= 0.3 is 0 Å². The molecule has 0 aliphatic rings. The van der Waals surface area contributed by atoms with E-state index < -0.39 is 5.66 Å². The van der Waals surface area contributed by atoms with Crippen LogP contribution < -0.4 is 5.73 Å². The van der Waals surface area contributed by atoms with Gasteiger partial charge in [-0.15, -0.1) is 11.3 Å². The number of thiophene rings is 1. The standard InChI is InChI=1S/C40H30N4S/c1-40(41,29-14-6-3-7-15-29)43-39(42-26-27-12-4-2-5-13-27)28-20-22-30(23-21-28)44-34-18-10-8-17-33(34)37-35(44)25-24-32-31-16-9-11-19-36(31)45-38(32)37/h2-26H,41H2,1H3. The van der Waals surface area contributed by atoms with Crippen LogP contribution in [0, 0.1) is 0 Å². The number of fused-ring (bicyclic) bond motifs is 7. The highest BCUT2D eigenvalue weighted by molar-refractivity contribution is 7.26. The Morgan fingerprint density at radius 1 is 0.667 bits per heavy atom. The number of aliphatic imine (C=N–C) groups is 2. The molecule has 0 fully saturated rings. The van der Waals surface area contributed by atoms with Crippen molar-refractivity contribution >= 4 is 65.4 Å². The fraction of sp³-hybridized carbons (Fsp3) is 0.0500. The highest BCUT2D eigenvalue weighted by Gasteiger charge is 2.22. The lowest BCUT2D eigenvalue weighted by Crippen LogP contribution is -2.32. The number of benzene rings is 6. The van der Waals surface area contributed by atoms with Crippen LogP contribution in [0.3, 0.4) is 0 Å². The van der Waals surface area contributed by atoms with Crippen LogP contribution in [-0.4, -0.2) is 16.6 Å². The fourth-order valence-electron chi connectivity index (χ4n) is 6.18. The average molecular weight is 599 g/mol. The number of rotatable bonds is 5. The monoisotopic (exact) mass is 598 g/mol. The maximum absolute atomic E-state index is 6.79. The van der Waals surface area contributed by atoms with Crippen molar-refractivity contribution in [2.75, 3.05) is 0 Å². The summed E-state index contributed by atoms with van der Waals surface area (Å²) in [6.45, 7) is 1.92. The highest BCUT2D eigenvalue weighted by atomic mass is 32.1. The Kier molecular flexibility index (Phi) is 6.63. The molecule has 0 radical (unpaired) electrons. The Morgan fingerprint density at radius 3 is 2.11 bits per heavy atom. The second-order valence-corrected chi connectivity index (χ2v) is 12.5. The summed E-state index contributed by atoms with van der Waals surface area (Å²) in [5.74, 6) is 0.577. The second-order valence-electron chi connectivity index (χ2n) is 11.5. The molecule has 4 nitrogen and oxygen atoms in total. The van der Waals surface area contributed by atoms with Crippen molar-refractivity contribution in [1.82, 2.24) is 4.57 Å². The summed E-state index contributed by atoms with van der Waals surface area (Å²) in [6.07, 6.45) is 1.84. The van der Waals surface area contributed by atoms with Gasteiger partial charge < -0.3 is 10.3 Å². The topological polar surface area (TPSA) is 55.7 Å². The minimum atomic E-state index is -0.953. The number of amidine groups is 1. The molecular weight excluding hydrogens is 569 g/mol. The lowest BCUT2D eigenvalue weighted by molar-refractivity contribution is 0.524. The molecule has 0 bridgehead atoms. The van der Waals surface area contributed by atoms with Gasteiger partial charge in [0.1, 0.15) is 5.66 Å². The Morgan fingerprint density at radius 2 is 1.33 bits per heavy atom. The summed E-state index contributed by atoms with van der Waals surface area (Å²) < 4.78 is 5.00. The average Bonchev–Trinajstić information content (AvgIpc) is 3.63. The van der Waals surface area contributed by atoms with Gasteiger partial charge in [0, 0.05) is 48.4 Å². The molecule has 2 N–H and O–H groups in total. The van der Waals surface area contributed by atoms with Crippen molar-refractivity contribution in [3.05, 3.63) is 162 Å². The number of nitrogens with two attached hydrogens (primary N) is 1. The molecule has 6 aromatic carbocycles. The van der Waals surface area contributed by atoms with Gasteiger partial charge in [-0.05, 0) is 60.5 Å². The van der Waals surface area contributed by atoms with Crippen LogP contribution in [0.4, 0.5) is 0 Å². The lowest BCUT2D eigenvalue weighted by atomic mass is 10.0. The number of nitrogens with zero attached hydrogens (tertiary/aromatic N) is 3. The van der Waals surface area contributed by atoms with E-state index in [1.165, 1.54) is 42.0 Å². The van der Waals surface area contributed by atoms with Crippen LogP contribution in [0.2, 0.25) is 0 Å². The largest absolute Gasteiger partial charge is 0.309 e. The smallest absolute Gasteiger partial charge is 0.156 e. The third kappa shape index (κ3) is 4.83. The molecule has 216 valence electrons. The predicted octanol–water partition coefficient (Wildman–Crippen LogP) is 9.85. The number of aromatic nitrogens is 1. The summed E-state index contributed by atoms with van der Waals surface area (Å²) in [7, 11) is 0. The van der Waals surface area contributed by atoms with Gasteiger partial charge in [0.25, 0.3) is 0 Å². The molecule has 0 amide bonds. The lowest BCUT2D eigenvalue weighted by Gasteiger charge is -2.21. The SMILES string of the molecule is CC(N)(N=C(N=Cc1ccccc1)c1ccc(-n2c3ccccc3c3c4sc5ccccc5c4ccc32)cc1)c1ccccc1. The zero-order valence-corrected chi connectivity index (χ0v) is 25.6. The molecule has 1 atom stereocenters. The van der Waals surface area contributed by atoms with E-state index in [1.54, 1.807) is 0 Å². The molecule has 0 spiro atoms. The van der Waals surface area contributed by atoms with Crippen molar-refractivity contribution in [2.45, 2.75) is 12.6 Å². The number of hydrogen-bond donors (Lipinski definition) is 1.